The molecule has 2 rings (SSSR count). The van der Waals surface area contributed by atoms with Gasteiger partial charge in [0.2, 0.25) is 0 Å². The summed E-state index contributed by atoms with van der Waals surface area (Å²) in [5, 5.41) is 3.59. The fourth-order valence-corrected chi connectivity index (χ4v) is 2.07. The van der Waals surface area contributed by atoms with Crippen LogP contribution in [0.25, 0.3) is 0 Å². The summed E-state index contributed by atoms with van der Waals surface area (Å²) in [6.45, 7) is 0. The molecular weight excluding hydrogens is 342 g/mol. The van der Waals surface area contributed by atoms with Crippen molar-refractivity contribution in [2.75, 3.05) is 11.1 Å². The zero-order chi connectivity index (χ0) is 13.3. The number of benzene rings is 2. The Labute approximate surface area is 122 Å². The SMILES string of the molecule is Nc1cc(Cl)c(F)cc1Nc1ccc(Cl)c(Br)c1. The van der Waals surface area contributed by atoms with Crippen LogP contribution < -0.4 is 11.1 Å². The lowest BCUT2D eigenvalue weighted by Gasteiger charge is -2.11. The van der Waals surface area contributed by atoms with Gasteiger partial charge in [-0.25, -0.2) is 4.39 Å². The number of anilines is 3. The summed E-state index contributed by atoms with van der Waals surface area (Å²) in [6, 6.07) is 7.87. The number of nitrogen functional groups attached to an aromatic ring is 1. The Bertz CT molecular complexity index is 605. The van der Waals surface area contributed by atoms with Gasteiger partial charge in [-0.1, -0.05) is 23.2 Å². The average Bonchev–Trinajstić information content (AvgIpc) is 2.31. The van der Waals surface area contributed by atoms with Crippen LogP contribution in [0.4, 0.5) is 21.5 Å². The van der Waals surface area contributed by atoms with Crippen molar-refractivity contribution in [3.8, 4) is 0 Å². The standard InChI is InChI=1S/C12H8BrCl2FN2/c13-7-3-6(1-2-8(7)14)18-12-5-10(16)9(15)4-11(12)17/h1-5,18H,17H2. The maximum Gasteiger partial charge on any atom is 0.144 e. The van der Waals surface area contributed by atoms with E-state index in [9.17, 15) is 4.39 Å². The first kappa shape index (κ1) is 13.5. The molecule has 6 heteroatoms. The molecule has 2 aromatic rings. The van der Waals surface area contributed by atoms with Gasteiger partial charge in [-0.15, -0.1) is 0 Å². The Kier molecular flexibility index (Phi) is 4.00. The van der Waals surface area contributed by atoms with E-state index in [0.29, 0.717) is 16.4 Å². The van der Waals surface area contributed by atoms with Gasteiger partial charge in [0.05, 0.1) is 21.4 Å². The second kappa shape index (κ2) is 5.34. The third-order valence-electron chi connectivity index (χ3n) is 2.29. The van der Waals surface area contributed by atoms with Gasteiger partial charge in [-0.3, -0.25) is 0 Å². The Hall–Kier alpha value is -0.970. The minimum Gasteiger partial charge on any atom is -0.397 e. The van der Waals surface area contributed by atoms with Crippen LogP contribution in [-0.4, -0.2) is 0 Å². The zero-order valence-corrected chi connectivity index (χ0v) is 12.1. The third-order valence-corrected chi connectivity index (χ3v) is 3.79. The van der Waals surface area contributed by atoms with Gasteiger partial charge in [0.1, 0.15) is 5.82 Å². The van der Waals surface area contributed by atoms with Crippen molar-refractivity contribution >= 4 is 56.2 Å². The van der Waals surface area contributed by atoms with Crippen LogP contribution in [0.15, 0.2) is 34.8 Å². The van der Waals surface area contributed by atoms with E-state index in [2.05, 4.69) is 21.2 Å². The van der Waals surface area contributed by atoms with E-state index >= 15 is 0 Å². The fourth-order valence-electron chi connectivity index (χ4n) is 1.40. The lowest BCUT2D eigenvalue weighted by molar-refractivity contribution is 0.629. The molecule has 0 aliphatic rings. The van der Waals surface area contributed by atoms with Crippen LogP contribution in [0.2, 0.25) is 10.0 Å². The number of halogens is 4. The number of rotatable bonds is 2. The number of nitrogens with two attached hydrogens (primary N) is 1. The Morgan fingerprint density at radius 2 is 1.83 bits per heavy atom. The summed E-state index contributed by atoms with van der Waals surface area (Å²) in [5.74, 6) is -0.526. The molecule has 94 valence electrons. The molecule has 0 bridgehead atoms. The monoisotopic (exact) mass is 348 g/mol. The van der Waals surface area contributed by atoms with Crippen LogP contribution in [0, 0.1) is 5.82 Å². The van der Waals surface area contributed by atoms with E-state index in [1.54, 1.807) is 18.2 Å². The second-order valence-corrected chi connectivity index (χ2v) is 5.28. The molecule has 18 heavy (non-hydrogen) atoms. The van der Waals surface area contributed by atoms with E-state index in [0.717, 1.165) is 10.2 Å². The maximum atomic E-state index is 13.3. The summed E-state index contributed by atoms with van der Waals surface area (Å²) < 4.78 is 14.1. The van der Waals surface area contributed by atoms with E-state index in [4.69, 9.17) is 28.9 Å². The largest absolute Gasteiger partial charge is 0.397 e. The smallest absolute Gasteiger partial charge is 0.144 e. The van der Waals surface area contributed by atoms with Crippen LogP contribution in [0.3, 0.4) is 0 Å². The molecule has 0 fully saturated rings. The van der Waals surface area contributed by atoms with Crippen molar-refractivity contribution in [2.45, 2.75) is 0 Å². The molecule has 3 N–H and O–H groups in total. The first-order chi connectivity index (χ1) is 8.47. The summed E-state index contributed by atoms with van der Waals surface area (Å²) in [7, 11) is 0. The van der Waals surface area contributed by atoms with Crippen LogP contribution in [-0.2, 0) is 0 Å². The molecule has 0 heterocycles. The number of hydrogen-bond donors (Lipinski definition) is 2. The van der Waals surface area contributed by atoms with Crippen molar-refractivity contribution in [1.29, 1.82) is 0 Å². The summed E-state index contributed by atoms with van der Waals surface area (Å²) in [4.78, 5) is 0. The lowest BCUT2D eigenvalue weighted by atomic mass is 10.2. The molecule has 2 aromatic carbocycles. The summed E-state index contributed by atoms with van der Waals surface area (Å²) in [5.41, 5.74) is 7.31. The molecular formula is C12H8BrCl2FN2. The summed E-state index contributed by atoms with van der Waals surface area (Å²) in [6.07, 6.45) is 0. The van der Waals surface area contributed by atoms with Gasteiger partial charge in [-0.2, -0.15) is 0 Å². The van der Waals surface area contributed by atoms with Gasteiger partial charge < -0.3 is 11.1 Å². The van der Waals surface area contributed by atoms with Crippen molar-refractivity contribution in [3.05, 3.63) is 50.7 Å². The van der Waals surface area contributed by atoms with Crippen LogP contribution >= 0.6 is 39.1 Å². The molecule has 0 aromatic heterocycles. The third kappa shape index (κ3) is 2.88. The van der Waals surface area contributed by atoms with Gasteiger partial charge >= 0.3 is 0 Å². The molecule has 0 aliphatic heterocycles. The Balaban J connectivity index is 2.34. The highest BCUT2D eigenvalue weighted by Crippen LogP contribution is 2.31. The van der Waals surface area contributed by atoms with Crippen molar-refractivity contribution in [1.82, 2.24) is 0 Å². The molecule has 0 radical (unpaired) electrons. The molecule has 2 nitrogen and oxygen atoms in total. The molecule has 0 saturated heterocycles. The summed E-state index contributed by atoms with van der Waals surface area (Å²) >= 11 is 14.8. The maximum absolute atomic E-state index is 13.3. The van der Waals surface area contributed by atoms with E-state index in [1.807, 2.05) is 0 Å². The zero-order valence-electron chi connectivity index (χ0n) is 8.98. The molecule has 0 atom stereocenters. The van der Waals surface area contributed by atoms with Gasteiger partial charge in [0.15, 0.2) is 0 Å². The predicted molar refractivity (Wildman–Crippen MR) is 78.3 cm³/mol. The van der Waals surface area contributed by atoms with Crippen molar-refractivity contribution < 1.29 is 4.39 Å². The molecule has 0 saturated carbocycles. The topological polar surface area (TPSA) is 38.0 Å². The molecule has 0 aliphatic carbocycles. The van der Waals surface area contributed by atoms with Crippen molar-refractivity contribution in [3.63, 3.8) is 0 Å². The van der Waals surface area contributed by atoms with E-state index < -0.39 is 5.82 Å². The fraction of sp³-hybridized carbons (Fsp3) is 0. The van der Waals surface area contributed by atoms with Gasteiger partial charge in [0, 0.05) is 16.2 Å². The van der Waals surface area contributed by atoms with E-state index in [-0.39, 0.29) is 5.02 Å². The molecule has 0 spiro atoms. The molecule has 0 unspecified atom stereocenters. The van der Waals surface area contributed by atoms with Crippen LogP contribution in [0.1, 0.15) is 0 Å². The minimum absolute atomic E-state index is 0.00432. The van der Waals surface area contributed by atoms with Crippen molar-refractivity contribution in [2.24, 2.45) is 0 Å². The predicted octanol–water partition coefficient (Wildman–Crippen LogP) is 5.22. The normalized spacial score (nSPS) is 10.4. The first-order valence-electron chi connectivity index (χ1n) is 4.94. The Morgan fingerprint density at radius 1 is 1.11 bits per heavy atom. The highest BCUT2D eigenvalue weighted by atomic mass is 79.9. The van der Waals surface area contributed by atoms with E-state index in [1.165, 1.54) is 12.1 Å². The highest BCUT2D eigenvalue weighted by molar-refractivity contribution is 9.10. The Morgan fingerprint density at radius 3 is 2.50 bits per heavy atom. The number of hydrogen-bond acceptors (Lipinski definition) is 2. The van der Waals surface area contributed by atoms with Gasteiger partial charge in [0.25, 0.3) is 0 Å². The molecule has 0 amide bonds. The van der Waals surface area contributed by atoms with Gasteiger partial charge in [-0.05, 0) is 40.2 Å². The number of nitrogens with one attached hydrogen (secondary N) is 1. The highest BCUT2D eigenvalue weighted by Gasteiger charge is 2.07. The lowest BCUT2D eigenvalue weighted by Crippen LogP contribution is -1.97. The quantitative estimate of drug-likeness (QED) is 0.729. The first-order valence-corrected chi connectivity index (χ1v) is 6.49. The minimum atomic E-state index is -0.526. The average molecular weight is 350 g/mol. The van der Waals surface area contributed by atoms with Crippen LogP contribution in [0.5, 0.6) is 0 Å². The second-order valence-electron chi connectivity index (χ2n) is 3.61.